The van der Waals surface area contributed by atoms with Gasteiger partial charge in [-0.05, 0) is 33.6 Å². The number of esters is 1. The Hall–Kier alpha value is -2.01. The van der Waals surface area contributed by atoms with Gasteiger partial charge >= 0.3 is 18.3 Å². The van der Waals surface area contributed by atoms with Crippen molar-refractivity contribution in [2.45, 2.75) is 65.9 Å². The van der Waals surface area contributed by atoms with Crippen molar-refractivity contribution < 1.29 is 57.5 Å². The van der Waals surface area contributed by atoms with E-state index < -0.39 is 5.60 Å². The minimum Gasteiger partial charge on any atom is -0.458 e. The lowest BCUT2D eigenvalue weighted by Crippen LogP contribution is -2.27. The van der Waals surface area contributed by atoms with Crippen LogP contribution in [0.5, 0.6) is 0 Å². The Bertz CT molecular complexity index is 474. The summed E-state index contributed by atoms with van der Waals surface area (Å²) in [6, 6.07) is 0. The van der Waals surface area contributed by atoms with Crippen LogP contribution < -0.4 is 0 Å². The third-order valence-electron chi connectivity index (χ3n) is 3.28. The molecule has 0 aromatic heterocycles. The third kappa shape index (κ3) is 58.1. The average Bonchev–Trinajstić information content (AvgIpc) is 2.80. The maximum atomic E-state index is 11.3. The molecule has 1 N–H and O–H groups in total. The molecule has 0 aromatic rings. The first-order valence-corrected chi connectivity index (χ1v) is 11.9. The summed E-state index contributed by atoms with van der Waals surface area (Å²) in [6.07, 6.45) is 5.00. The number of rotatable bonds is 19. The number of ether oxygens (including phenoxy) is 6. The van der Waals surface area contributed by atoms with Gasteiger partial charge in [0.25, 0.3) is 0 Å². The SMILES string of the molecule is CCCCOCCOCCO.CCCCOCCOCCOCC(=O)OC(C)(C)C.O=C=O.O=C=O. The maximum absolute atomic E-state index is 11.3. The molecular formula is C24H46O12. The van der Waals surface area contributed by atoms with Crippen molar-refractivity contribution in [3.05, 3.63) is 0 Å². The molecule has 0 aromatic carbocycles. The van der Waals surface area contributed by atoms with Gasteiger partial charge < -0.3 is 33.5 Å². The van der Waals surface area contributed by atoms with Crippen LogP contribution in [0.15, 0.2) is 0 Å². The lowest BCUT2D eigenvalue weighted by Gasteiger charge is -2.19. The minimum absolute atomic E-state index is 0.0341. The first kappa shape index (κ1) is 41.1. The molecule has 0 unspecified atom stereocenters. The van der Waals surface area contributed by atoms with E-state index in [9.17, 15) is 4.79 Å². The van der Waals surface area contributed by atoms with Crippen molar-refractivity contribution in [1.82, 2.24) is 0 Å². The van der Waals surface area contributed by atoms with E-state index >= 15 is 0 Å². The zero-order chi connectivity index (χ0) is 28.3. The van der Waals surface area contributed by atoms with E-state index in [0.717, 1.165) is 38.9 Å². The molecule has 0 saturated carbocycles. The fraction of sp³-hybridized carbons (Fsp3) is 0.875. The molecular weight excluding hydrogens is 480 g/mol. The molecule has 12 heteroatoms. The Morgan fingerprint density at radius 1 is 0.639 bits per heavy atom. The zero-order valence-corrected chi connectivity index (χ0v) is 22.5. The molecule has 36 heavy (non-hydrogen) atoms. The van der Waals surface area contributed by atoms with Crippen LogP contribution in [0.3, 0.4) is 0 Å². The second-order valence-electron chi connectivity index (χ2n) is 7.69. The molecule has 214 valence electrons. The van der Waals surface area contributed by atoms with E-state index in [1.165, 1.54) is 0 Å². The fourth-order valence-electron chi connectivity index (χ4n) is 1.85. The van der Waals surface area contributed by atoms with Crippen molar-refractivity contribution in [3.8, 4) is 0 Å². The van der Waals surface area contributed by atoms with Gasteiger partial charge in [-0.15, -0.1) is 0 Å². The number of aliphatic hydroxyl groups excluding tert-OH is 1. The summed E-state index contributed by atoms with van der Waals surface area (Å²) in [5.74, 6) is -0.351. The molecule has 0 saturated heterocycles. The summed E-state index contributed by atoms with van der Waals surface area (Å²) >= 11 is 0. The van der Waals surface area contributed by atoms with E-state index in [2.05, 4.69) is 13.8 Å². The normalized spacial score (nSPS) is 9.72. The molecule has 0 bridgehead atoms. The molecule has 0 atom stereocenters. The molecule has 0 fully saturated rings. The number of carbonyl (C=O) groups excluding carboxylic acids is 5. The number of hydrogen-bond acceptors (Lipinski definition) is 12. The van der Waals surface area contributed by atoms with E-state index in [1.54, 1.807) is 0 Å². The van der Waals surface area contributed by atoms with Gasteiger partial charge in [0.2, 0.25) is 0 Å². The highest BCUT2D eigenvalue weighted by Gasteiger charge is 2.15. The van der Waals surface area contributed by atoms with Crippen molar-refractivity contribution >= 4 is 18.3 Å². The summed E-state index contributed by atoms with van der Waals surface area (Å²) in [7, 11) is 0. The molecule has 0 aliphatic heterocycles. The lowest BCUT2D eigenvalue weighted by atomic mass is 10.2. The second kappa shape index (κ2) is 37.5. The van der Waals surface area contributed by atoms with Crippen LogP contribution in [0, 0.1) is 0 Å². The first-order chi connectivity index (χ1) is 17.2. The monoisotopic (exact) mass is 526 g/mol. The highest BCUT2D eigenvalue weighted by atomic mass is 16.6. The van der Waals surface area contributed by atoms with Crippen molar-refractivity contribution in [3.63, 3.8) is 0 Å². The molecule has 0 radical (unpaired) electrons. The van der Waals surface area contributed by atoms with Crippen LogP contribution in [-0.4, -0.2) is 102 Å². The van der Waals surface area contributed by atoms with Crippen LogP contribution in [0.25, 0.3) is 0 Å². The summed E-state index contributed by atoms with van der Waals surface area (Å²) in [5.41, 5.74) is -0.466. The van der Waals surface area contributed by atoms with Gasteiger partial charge in [-0.1, -0.05) is 26.7 Å². The van der Waals surface area contributed by atoms with E-state index in [1.807, 2.05) is 20.8 Å². The standard InChI is InChI=1S/C14H28O5.C8H18O3.2CO2/c1-5-6-7-16-8-9-17-10-11-18-12-13(15)19-14(2,3)4;1-2-3-5-10-7-8-11-6-4-9;2*2-1-3/h5-12H2,1-4H3;9H,2-8H2,1H3;;. The quantitative estimate of drug-likeness (QED) is 0.192. The molecule has 12 nitrogen and oxygen atoms in total. The molecule has 0 heterocycles. The number of hydrogen-bond donors (Lipinski definition) is 1. The lowest BCUT2D eigenvalue weighted by molar-refractivity contribution is -0.193. The zero-order valence-electron chi connectivity index (χ0n) is 22.5. The van der Waals surface area contributed by atoms with Gasteiger partial charge in [-0.25, -0.2) is 4.79 Å². The minimum atomic E-state index is -0.466. The smallest absolute Gasteiger partial charge is 0.373 e. The van der Waals surface area contributed by atoms with Gasteiger partial charge in [0.1, 0.15) is 12.2 Å². The van der Waals surface area contributed by atoms with Crippen molar-refractivity contribution in [2.24, 2.45) is 0 Å². The number of aliphatic hydroxyl groups is 1. The van der Waals surface area contributed by atoms with Crippen LogP contribution in [0.4, 0.5) is 0 Å². The largest absolute Gasteiger partial charge is 0.458 e. The fourth-order valence-corrected chi connectivity index (χ4v) is 1.85. The topological polar surface area (TPSA) is 161 Å². The van der Waals surface area contributed by atoms with Crippen LogP contribution in [0.2, 0.25) is 0 Å². The molecule has 0 aliphatic carbocycles. The predicted octanol–water partition coefficient (Wildman–Crippen LogP) is 1.82. The Balaban J connectivity index is -0.000000253. The highest BCUT2D eigenvalue weighted by molar-refractivity contribution is 5.71. The summed E-state index contributed by atoms with van der Waals surface area (Å²) < 4.78 is 31.1. The van der Waals surface area contributed by atoms with Crippen molar-refractivity contribution in [1.29, 1.82) is 0 Å². The Morgan fingerprint density at radius 3 is 1.31 bits per heavy atom. The first-order valence-electron chi connectivity index (χ1n) is 11.9. The predicted molar refractivity (Wildman–Crippen MR) is 127 cm³/mol. The Labute approximate surface area is 214 Å². The van der Waals surface area contributed by atoms with Gasteiger partial charge in [-0.3, -0.25) is 0 Å². The van der Waals surface area contributed by atoms with E-state index in [-0.39, 0.29) is 31.5 Å². The Kier molecular flexibility index (Phi) is 42.9. The second-order valence-corrected chi connectivity index (χ2v) is 7.69. The van der Waals surface area contributed by atoms with Gasteiger partial charge in [0, 0.05) is 13.2 Å². The molecule has 0 aliphatic rings. The van der Waals surface area contributed by atoms with Crippen molar-refractivity contribution in [2.75, 3.05) is 72.7 Å². The third-order valence-corrected chi connectivity index (χ3v) is 3.28. The molecule has 0 amide bonds. The summed E-state index contributed by atoms with van der Waals surface area (Å²) in [6.45, 7) is 15.0. The Morgan fingerprint density at radius 2 is 0.972 bits per heavy atom. The van der Waals surface area contributed by atoms with Gasteiger partial charge in [0.05, 0.1) is 52.9 Å². The van der Waals surface area contributed by atoms with Gasteiger partial charge in [0.15, 0.2) is 0 Å². The maximum Gasteiger partial charge on any atom is 0.373 e. The average molecular weight is 527 g/mol. The molecule has 0 spiro atoms. The number of carbonyl (C=O) groups is 1. The highest BCUT2D eigenvalue weighted by Crippen LogP contribution is 2.06. The number of unbranched alkanes of at least 4 members (excludes halogenated alkanes) is 2. The summed E-state index contributed by atoms with van der Waals surface area (Å²) in [5, 5.41) is 8.34. The van der Waals surface area contributed by atoms with Gasteiger partial charge in [-0.2, -0.15) is 19.2 Å². The summed E-state index contributed by atoms with van der Waals surface area (Å²) in [4.78, 5) is 43.8. The van der Waals surface area contributed by atoms with Crippen LogP contribution >= 0.6 is 0 Å². The van der Waals surface area contributed by atoms with Crippen LogP contribution in [0.1, 0.15) is 60.3 Å². The van der Waals surface area contributed by atoms with E-state index in [4.69, 9.17) is 52.7 Å². The van der Waals surface area contributed by atoms with E-state index in [0.29, 0.717) is 46.2 Å². The van der Waals surface area contributed by atoms with Crippen LogP contribution in [-0.2, 0) is 52.4 Å². The molecule has 0 rings (SSSR count).